The molecule has 0 radical (unpaired) electrons. The van der Waals surface area contributed by atoms with Gasteiger partial charge in [-0.25, -0.2) is 4.68 Å². The number of nitrogens with zero attached hydrogens (tertiary/aromatic N) is 3. The van der Waals surface area contributed by atoms with Crippen LogP contribution in [0.1, 0.15) is 36.7 Å². The van der Waals surface area contributed by atoms with E-state index in [1.54, 1.807) is 42.3 Å². The Hall–Kier alpha value is -2.86. The summed E-state index contributed by atoms with van der Waals surface area (Å²) in [5, 5.41) is 6.10. The van der Waals surface area contributed by atoms with Crippen LogP contribution in [0.25, 0.3) is 10.8 Å². The van der Waals surface area contributed by atoms with E-state index in [0.29, 0.717) is 41.2 Å². The lowest BCUT2D eigenvalue weighted by Crippen LogP contribution is -2.34. The molecule has 0 spiro atoms. The number of unbranched alkanes of at least 4 members (excludes halogenated alkanes) is 2. The highest BCUT2D eigenvalue weighted by atomic mass is 35.5. The number of halogens is 1. The Morgan fingerprint density at radius 2 is 1.90 bits per heavy atom. The number of ether oxygens (including phenoxy) is 1. The highest BCUT2D eigenvalue weighted by Gasteiger charge is 2.20. The van der Waals surface area contributed by atoms with Crippen LogP contribution in [0.2, 0.25) is 5.02 Å². The van der Waals surface area contributed by atoms with Gasteiger partial charge in [0.25, 0.3) is 11.5 Å². The summed E-state index contributed by atoms with van der Waals surface area (Å²) in [5.41, 5.74) is 0.122. The van der Waals surface area contributed by atoms with Gasteiger partial charge in [0.1, 0.15) is 12.4 Å². The molecule has 3 aromatic rings. The maximum atomic E-state index is 13.1. The van der Waals surface area contributed by atoms with Crippen molar-refractivity contribution >= 4 is 28.3 Å². The first-order chi connectivity index (χ1) is 14.5. The van der Waals surface area contributed by atoms with Crippen LogP contribution in [0.5, 0.6) is 5.75 Å². The van der Waals surface area contributed by atoms with Crippen LogP contribution in [0, 0.1) is 0 Å². The standard InChI is InChI=1S/C23H26ClN3O3/c1-3-4-7-13-27-22(28)20-12-6-5-11-19(20)21(25-27)23(29)26(2)14-15-30-18-10-8-9-17(24)16-18/h5-6,8-12,16H,3-4,7,13-15H2,1-2H3. The van der Waals surface area contributed by atoms with Crippen LogP contribution in [0.15, 0.2) is 53.3 Å². The lowest BCUT2D eigenvalue weighted by atomic mass is 10.1. The summed E-state index contributed by atoms with van der Waals surface area (Å²) in [6.45, 7) is 3.29. The number of benzene rings is 2. The van der Waals surface area contributed by atoms with Crippen molar-refractivity contribution in [3.63, 3.8) is 0 Å². The molecular formula is C23H26ClN3O3. The van der Waals surface area contributed by atoms with Crippen molar-refractivity contribution in [1.82, 2.24) is 14.7 Å². The van der Waals surface area contributed by atoms with E-state index in [1.807, 2.05) is 18.2 Å². The largest absolute Gasteiger partial charge is 0.492 e. The van der Waals surface area contributed by atoms with Gasteiger partial charge >= 0.3 is 0 Å². The van der Waals surface area contributed by atoms with Crippen LogP contribution in [-0.2, 0) is 6.54 Å². The van der Waals surface area contributed by atoms with Gasteiger partial charge in [-0.3, -0.25) is 9.59 Å². The van der Waals surface area contributed by atoms with Crippen LogP contribution >= 0.6 is 11.6 Å². The molecule has 0 bridgehead atoms. The Balaban J connectivity index is 1.78. The van der Waals surface area contributed by atoms with Gasteiger partial charge in [-0.05, 0) is 30.7 Å². The first-order valence-electron chi connectivity index (χ1n) is 10.1. The number of amides is 1. The lowest BCUT2D eigenvalue weighted by Gasteiger charge is -2.19. The number of hydrogen-bond acceptors (Lipinski definition) is 4. The van der Waals surface area contributed by atoms with Crippen molar-refractivity contribution in [3.05, 3.63) is 69.6 Å². The number of aromatic nitrogens is 2. The number of hydrogen-bond donors (Lipinski definition) is 0. The lowest BCUT2D eigenvalue weighted by molar-refractivity contribution is 0.0767. The molecule has 0 aliphatic heterocycles. The predicted octanol–water partition coefficient (Wildman–Crippen LogP) is 4.39. The monoisotopic (exact) mass is 427 g/mol. The summed E-state index contributed by atoms with van der Waals surface area (Å²) < 4.78 is 7.10. The number of aryl methyl sites for hydroxylation is 1. The van der Waals surface area contributed by atoms with Crippen LogP contribution in [-0.4, -0.2) is 40.8 Å². The minimum Gasteiger partial charge on any atom is -0.492 e. The van der Waals surface area contributed by atoms with Gasteiger partial charge in [0.05, 0.1) is 11.9 Å². The Bertz CT molecular complexity index is 1080. The summed E-state index contributed by atoms with van der Waals surface area (Å²) in [4.78, 5) is 27.4. The topological polar surface area (TPSA) is 64.4 Å². The molecule has 3 rings (SSSR count). The van der Waals surface area contributed by atoms with Crippen molar-refractivity contribution < 1.29 is 9.53 Å². The SMILES string of the molecule is CCCCCn1nc(C(=O)N(C)CCOc2cccc(Cl)c2)c2ccccc2c1=O. The second kappa shape index (κ2) is 10.3. The number of fused-ring (bicyclic) bond motifs is 1. The summed E-state index contributed by atoms with van der Waals surface area (Å²) >= 11 is 5.96. The molecule has 0 saturated carbocycles. The average molecular weight is 428 g/mol. The second-order valence-electron chi connectivity index (χ2n) is 7.16. The molecule has 0 aliphatic carbocycles. The van der Waals surface area contributed by atoms with Gasteiger partial charge in [0.2, 0.25) is 0 Å². The Morgan fingerprint density at radius 3 is 2.63 bits per heavy atom. The third-order valence-electron chi connectivity index (χ3n) is 4.88. The third-order valence-corrected chi connectivity index (χ3v) is 5.12. The average Bonchev–Trinajstić information content (AvgIpc) is 2.75. The van der Waals surface area contributed by atoms with E-state index in [2.05, 4.69) is 12.0 Å². The molecule has 0 unspecified atom stereocenters. The fraction of sp³-hybridized carbons (Fsp3) is 0.348. The molecule has 0 atom stereocenters. The smallest absolute Gasteiger partial charge is 0.274 e. The van der Waals surface area contributed by atoms with Crippen LogP contribution in [0.4, 0.5) is 0 Å². The molecule has 30 heavy (non-hydrogen) atoms. The van der Waals surface area contributed by atoms with Crippen molar-refractivity contribution in [2.24, 2.45) is 0 Å². The van der Waals surface area contributed by atoms with E-state index < -0.39 is 0 Å². The molecule has 158 valence electrons. The van der Waals surface area contributed by atoms with Gasteiger partial charge in [-0.1, -0.05) is 55.6 Å². The summed E-state index contributed by atoms with van der Waals surface area (Å²) in [7, 11) is 1.70. The third kappa shape index (κ3) is 5.19. The minimum atomic E-state index is -0.245. The van der Waals surface area contributed by atoms with Gasteiger partial charge in [-0.15, -0.1) is 0 Å². The molecule has 0 N–H and O–H groups in total. The van der Waals surface area contributed by atoms with Crippen molar-refractivity contribution in [3.8, 4) is 5.75 Å². The van der Waals surface area contributed by atoms with E-state index >= 15 is 0 Å². The molecular weight excluding hydrogens is 402 g/mol. The van der Waals surface area contributed by atoms with Gasteiger partial charge in [0.15, 0.2) is 5.69 Å². The number of carbonyl (C=O) groups excluding carboxylic acids is 1. The zero-order valence-electron chi connectivity index (χ0n) is 17.3. The highest BCUT2D eigenvalue weighted by molar-refractivity contribution is 6.30. The number of likely N-dealkylation sites (N-methyl/N-ethyl adjacent to an activating group) is 1. The molecule has 2 aromatic carbocycles. The zero-order chi connectivity index (χ0) is 21.5. The van der Waals surface area contributed by atoms with E-state index in [4.69, 9.17) is 16.3 Å². The number of rotatable bonds is 9. The van der Waals surface area contributed by atoms with Crippen molar-refractivity contribution in [2.45, 2.75) is 32.7 Å². The maximum Gasteiger partial charge on any atom is 0.274 e. The van der Waals surface area contributed by atoms with Crippen molar-refractivity contribution in [2.75, 3.05) is 20.2 Å². The van der Waals surface area contributed by atoms with E-state index in [-0.39, 0.29) is 17.2 Å². The predicted molar refractivity (Wildman–Crippen MR) is 119 cm³/mol. The van der Waals surface area contributed by atoms with E-state index in [9.17, 15) is 9.59 Å². The fourth-order valence-electron chi connectivity index (χ4n) is 3.20. The molecule has 0 saturated heterocycles. The van der Waals surface area contributed by atoms with E-state index in [1.165, 1.54) is 4.68 Å². The second-order valence-corrected chi connectivity index (χ2v) is 7.60. The zero-order valence-corrected chi connectivity index (χ0v) is 18.1. The Labute approximate surface area is 181 Å². The molecule has 1 heterocycles. The molecule has 6 nitrogen and oxygen atoms in total. The normalized spacial score (nSPS) is 10.9. The highest BCUT2D eigenvalue weighted by Crippen LogP contribution is 2.18. The minimum absolute atomic E-state index is 0.162. The van der Waals surface area contributed by atoms with Crippen LogP contribution in [0.3, 0.4) is 0 Å². The van der Waals surface area contributed by atoms with Crippen molar-refractivity contribution in [1.29, 1.82) is 0 Å². The molecule has 7 heteroatoms. The van der Waals surface area contributed by atoms with Gasteiger partial charge in [0, 0.05) is 24.0 Å². The molecule has 0 fully saturated rings. The number of carbonyl (C=O) groups is 1. The molecule has 1 amide bonds. The Kier molecular flexibility index (Phi) is 7.46. The first-order valence-corrected chi connectivity index (χ1v) is 10.5. The van der Waals surface area contributed by atoms with Gasteiger partial charge in [-0.2, -0.15) is 5.10 Å². The molecule has 1 aromatic heterocycles. The summed E-state index contributed by atoms with van der Waals surface area (Å²) in [6, 6.07) is 14.2. The van der Waals surface area contributed by atoms with Crippen LogP contribution < -0.4 is 10.3 Å². The quantitative estimate of drug-likeness (QED) is 0.475. The summed E-state index contributed by atoms with van der Waals surface area (Å²) in [5.74, 6) is 0.404. The van der Waals surface area contributed by atoms with E-state index in [0.717, 1.165) is 19.3 Å². The first kappa shape index (κ1) is 21.8. The van der Waals surface area contributed by atoms with Gasteiger partial charge < -0.3 is 9.64 Å². The Morgan fingerprint density at radius 1 is 1.13 bits per heavy atom. The maximum absolute atomic E-state index is 13.1. The summed E-state index contributed by atoms with van der Waals surface area (Å²) in [6.07, 6.45) is 2.90. The molecule has 0 aliphatic rings. The fourth-order valence-corrected chi connectivity index (χ4v) is 3.38.